The van der Waals surface area contributed by atoms with Crippen molar-refractivity contribution in [2.24, 2.45) is 0 Å². The molecule has 0 aromatic heterocycles. The van der Waals surface area contributed by atoms with E-state index in [0.717, 1.165) is 12.8 Å². The molecule has 5 aromatic carbocycles. The molecule has 0 amide bonds. The fourth-order valence-electron chi connectivity index (χ4n) is 5.92. The lowest BCUT2D eigenvalue weighted by Crippen LogP contribution is -2.11. The van der Waals surface area contributed by atoms with Gasteiger partial charge in [-0.3, -0.25) is 0 Å². The first-order valence-electron chi connectivity index (χ1n) is 14.6. The van der Waals surface area contributed by atoms with Crippen LogP contribution in [0.5, 0.6) is 0 Å². The van der Waals surface area contributed by atoms with Crippen molar-refractivity contribution in [2.75, 3.05) is 0 Å². The highest BCUT2D eigenvalue weighted by Crippen LogP contribution is 2.46. The number of unbranched alkanes of at least 4 members (excludes halogenated alkanes) is 2. The molecule has 194 valence electrons. The minimum Gasteiger partial charge on any atom is -0.0654 e. The molecule has 0 saturated heterocycles. The second-order valence-corrected chi connectivity index (χ2v) is 11.8. The molecule has 5 rings (SSSR count). The van der Waals surface area contributed by atoms with Crippen LogP contribution in [0.4, 0.5) is 0 Å². The maximum absolute atomic E-state index is 2.49. The van der Waals surface area contributed by atoms with Gasteiger partial charge < -0.3 is 0 Å². The second-order valence-electron chi connectivity index (χ2n) is 11.8. The molecular formula is C38H42. The van der Waals surface area contributed by atoms with E-state index in [1.165, 1.54) is 86.2 Å². The Hall–Kier alpha value is -3.38. The largest absolute Gasteiger partial charge is 0.0654 e. The number of benzene rings is 5. The Morgan fingerprint density at radius 1 is 0.500 bits per heavy atom. The summed E-state index contributed by atoms with van der Waals surface area (Å²) in [5.74, 6) is 0. The molecular weight excluding hydrogens is 456 g/mol. The summed E-state index contributed by atoms with van der Waals surface area (Å²) in [4.78, 5) is 0. The Balaban J connectivity index is 1.94. The zero-order valence-corrected chi connectivity index (χ0v) is 23.9. The summed E-state index contributed by atoms with van der Waals surface area (Å²) in [6, 6.07) is 34.6. The third-order valence-corrected chi connectivity index (χ3v) is 8.06. The monoisotopic (exact) mass is 498 g/mol. The van der Waals surface area contributed by atoms with Gasteiger partial charge in [-0.25, -0.2) is 0 Å². The van der Waals surface area contributed by atoms with Gasteiger partial charge in [0.2, 0.25) is 0 Å². The molecule has 0 spiro atoms. The van der Waals surface area contributed by atoms with Crippen LogP contribution in [0.3, 0.4) is 0 Å². The molecule has 0 bridgehead atoms. The van der Waals surface area contributed by atoms with Gasteiger partial charge >= 0.3 is 0 Å². The number of fused-ring (bicyclic) bond motifs is 2. The van der Waals surface area contributed by atoms with Gasteiger partial charge in [0.1, 0.15) is 0 Å². The molecule has 0 fully saturated rings. The molecule has 0 atom stereocenters. The van der Waals surface area contributed by atoms with E-state index in [9.17, 15) is 0 Å². The van der Waals surface area contributed by atoms with E-state index in [1.54, 1.807) is 0 Å². The standard InChI is InChI=1S/C38H42/c1-6-8-16-27-18-10-12-20-30(27)36-32-22-14-15-23-33(32)37(31-21-13-11-19-28(31)17-9-7-2)35-26-29(38(3,4)5)24-25-34(35)36/h10-15,18-26H,6-9,16-17H2,1-5H3. The zero-order valence-electron chi connectivity index (χ0n) is 23.9. The summed E-state index contributed by atoms with van der Waals surface area (Å²) in [5.41, 5.74) is 9.93. The Labute approximate surface area is 229 Å². The van der Waals surface area contributed by atoms with E-state index in [4.69, 9.17) is 0 Å². The molecule has 0 heterocycles. The third-order valence-electron chi connectivity index (χ3n) is 8.06. The van der Waals surface area contributed by atoms with Crippen LogP contribution in [-0.2, 0) is 18.3 Å². The van der Waals surface area contributed by atoms with E-state index < -0.39 is 0 Å². The van der Waals surface area contributed by atoms with Crippen LogP contribution < -0.4 is 0 Å². The number of hydrogen-bond donors (Lipinski definition) is 0. The summed E-state index contributed by atoms with van der Waals surface area (Å²) in [7, 11) is 0. The van der Waals surface area contributed by atoms with Crippen molar-refractivity contribution >= 4 is 21.5 Å². The fourth-order valence-corrected chi connectivity index (χ4v) is 5.92. The summed E-state index contributed by atoms with van der Waals surface area (Å²) < 4.78 is 0. The van der Waals surface area contributed by atoms with Crippen molar-refractivity contribution in [3.63, 3.8) is 0 Å². The van der Waals surface area contributed by atoms with Gasteiger partial charge in [-0.15, -0.1) is 0 Å². The molecule has 0 aliphatic rings. The average Bonchev–Trinajstić information content (AvgIpc) is 2.93. The highest BCUT2D eigenvalue weighted by atomic mass is 14.3. The predicted octanol–water partition coefficient (Wildman–Crippen LogP) is 11.3. The zero-order chi connectivity index (χ0) is 26.7. The maximum atomic E-state index is 2.49. The van der Waals surface area contributed by atoms with E-state index >= 15 is 0 Å². The third kappa shape index (κ3) is 5.02. The normalized spacial score (nSPS) is 11.9. The molecule has 0 nitrogen and oxygen atoms in total. The Morgan fingerprint density at radius 3 is 1.45 bits per heavy atom. The van der Waals surface area contributed by atoms with E-state index in [1.807, 2.05) is 0 Å². The Morgan fingerprint density at radius 2 is 0.947 bits per heavy atom. The van der Waals surface area contributed by atoms with Crippen LogP contribution >= 0.6 is 0 Å². The van der Waals surface area contributed by atoms with Crippen LogP contribution in [-0.4, -0.2) is 0 Å². The van der Waals surface area contributed by atoms with Crippen LogP contribution in [0, 0.1) is 0 Å². The van der Waals surface area contributed by atoms with Gasteiger partial charge in [0, 0.05) is 0 Å². The molecule has 0 saturated carbocycles. The molecule has 0 aliphatic heterocycles. The van der Waals surface area contributed by atoms with Crippen molar-refractivity contribution < 1.29 is 0 Å². The van der Waals surface area contributed by atoms with E-state index in [0.29, 0.717) is 0 Å². The maximum Gasteiger partial charge on any atom is -0.00235 e. The van der Waals surface area contributed by atoms with Crippen molar-refractivity contribution in [3.8, 4) is 22.3 Å². The topological polar surface area (TPSA) is 0 Å². The molecule has 0 aliphatic carbocycles. The highest BCUT2D eigenvalue weighted by Gasteiger charge is 2.22. The lowest BCUT2D eigenvalue weighted by atomic mass is 9.80. The number of aryl methyl sites for hydroxylation is 2. The predicted molar refractivity (Wildman–Crippen MR) is 168 cm³/mol. The quantitative estimate of drug-likeness (QED) is 0.187. The van der Waals surface area contributed by atoms with Crippen LogP contribution in [0.15, 0.2) is 91.0 Å². The first-order chi connectivity index (χ1) is 18.4. The first-order valence-corrected chi connectivity index (χ1v) is 14.6. The second kappa shape index (κ2) is 11.2. The van der Waals surface area contributed by atoms with Crippen LogP contribution in [0.25, 0.3) is 43.8 Å². The number of hydrogen-bond acceptors (Lipinski definition) is 0. The van der Waals surface area contributed by atoms with Crippen LogP contribution in [0.1, 0.15) is 77.0 Å². The minimum atomic E-state index is 0.0814. The molecule has 0 unspecified atom stereocenters. The van der Waals surface area contributed by atoms with E-state index in [-0.39, 0.29) is 5.41 Å². The fraction of sp³-hybridized carbons (Fsp3) is 0.316. The van der Waals surface area contributed by atoms with Crippen molar-refractivity contribution in [3.05, 3.63) is 108 Å². The first kappa shape index (κ1) is 26.2. The molecule has 38 heavy (non-hydrogen) atoms. The summed E-state index contributed by atoms with van der Waals surface area (Å²) in [6.45, 7) is 11.5. The van der Waals surface area contributed by atoms with Crippen LogP contribution in [0.2, 0.25) is 0 Å². The van der Waals surface area contributed by atoms with Crippen molar-refractivity contribution in [2.45, 2.75) is 78.6 Å². The molecule has 5 aromatic rings. The van der Waals surface area contributed by atoms with Gasteiger partial charge in [0.25, 0.3) is 0 Å². The summed E-state index contributed by atoms with van der Waals surface area (Å²) in [5, 5.41) is 5.45. The van der Waals surface area contributed by atoms with Crippen molar-refractivity contribution in [1.82, 2.24) is 0 Å². The van der Waals surface area contributed by atoms with Crippen molar-refractivity contribution in [1.29, 1.82) is 0 Å². The number of rotatable bonds is 8. The average molecular weight is 499 g/mol. The van der Waals surface area contributed by atoms with Gasteiger partial charge in [-0.05, 0) is 97.7 Å². The van der Waals surface area contributed by atoms with Gasteiger partial charge in [0.15, 0.2) is 0 Å². The smallest absolute Gasteiger partial charge is 0.00235 e. The van der Waals surface area contributed by atoms with Gasteiger partial charge in [-0.2, -0.15) is 0 Å². The summed E-state index contributed by atoms with van der Waals surface area (Å²) >= 11 is 0. The summed E-state index contributed by atoms with van der Waals surface area (Å²) in [6.07, 6.45) is 7.07. The Kier molecular flexibility index (Phi) is 7.70. The Bertz CT molecular complexity index is 1560. The molecule has 0 radical (unpaired) electrons. The van der Waals surface area contributed by atoms with Gasteiger partial charge in [0.05, 0.1) is 0 Å². The lowest BCUT2D eigenvalue weighted by molar-refractivity contribution is 0.591. The lowest BCUT2D eigenvalue weighted by Gasteiger charge is -2.24. The minimum absolute atomic E-state index is 0.0814. The molecule has 0 N–H and O–H groups in total. The van der Waals surface area contributed by atoms with E-state index in [2.05, 4.69) is 126 Å². The molecule has 0 heteroatoms. The SMILES string of the molecule is CCCCc1ccccc1-c1c2ccccc2c(-c2ccccc2CCCC)c2cc(C(C)(C)C)ccc12. The highest BCUT2D eigenvalue weighted by molar-refractivity contribution is 6.22. The van der Waals surface area contributed by atoms with Gasteiger partial charge in [-0.1, -0.05) is 132 Å².